The molecule has 16 atom stereocenters. The monoisotopic (exact) mass is 743 g/mol. The standard InChI is InChI=1S/C37H61NO14/c1-20-17-25(15-16-39)33(34(46-9)27(42)18-28(43)47-21(2)13-11-10-12-14-26(20)41)51-36-31(44)30(38(7)8)32(22(3)49-36)50-29-19-37(6,52-24(5)40)35(45)23(4)48-29/h10-12,14,16,20-23,25-27,29-36,41-42,44-45H,13,15,17-19H2,1-9H3/b11-10+,14-12+/t20-,21-,22-,23+,25+,26+,27-,29+,30-,31-,32-,33+,34+,35+,36?,37-/m1/s1. The van der Waals surface area contributed by atoms with Gasteiger partial charge in [-0.1, -0.05) is 31.2 Å². The molecule has 0 aromatic heterocycles. The van der Waals surface area contributed by atoms with Crippen LogP contribution in [0, 0.1) is 11.8 Å². The average molecular weight is 744 g/mol. The molecular formula is C37H61NO14. The lowest BCUT2D eigenvalue weighted by atomic mass is 9.82. The number of likely N-dealkylation sites (N-methyl/N-ethyl adjacent to an activating group) is 1. The fourth-order valence-corrected chi connectivity index (χ4v) is 7.45. The second kappa shape index (κ2) is 19.9. The Morgan fingerprint density at radius 3 is 2.33 bits per heavy atom. The fourth-order valence-electron chi connectivity index (χ4n) is 7.45. The predicted molar refractivity (Wildman–Crippen MR) is 187 cm³/mol. The zero-order chi connectivity index (χ0) is 38.9. The van der Waals surface area contributed by atoms with Crippen molar-refractivity contribution in [3.8, 4) is 0 Å². The van der Waals surface area contributed by atoms with Gasteiger partial charge in [0.15, 0.2) is 12.6 Å². The highest BCUT2D eigenvalue weighted by Crippen LogP contribution is 2.38. The summed E-state index contributed by atoms with van der Waals surface area (Å²) in [6.45, 7) is 9.79. The number of hydrogen-bond acceptors (Lipinski definition) is 15. The quantitative estimate of drug-likeness (QED) is 0.195. The van der Waals surface area contributed by atoms with Crippen molar-refractivity contribution in [2.45, 2.75) is 159 Å². The van der Waals surface area contributed by atoms with Gasteiger partial charge in [0.25, 0.3) is 0 Å². The highest BCUT2D eigenvalue weighted by atomic mass is 16.7. The molecule has 0 aromatic carbocycles. The van der Waals surface area contributed by atoms with Crippen molar-refractivity contribution < 1.29 is 68.0 Å². The van der Waals surface area contributed by atoms with Gasteiger partial charge in [-0.2, -0.15) is 0 Å². The van der Waals surface area contributed by atoms with E-state index < -0.39 is 110 Å². The number of rotatable bonds is 9. The van der Waals surface area contributed by atoms with Gasteiger partial charge in [-0.15, -0.1) is 0 Å². The summed E-state index contributed by atoms with van der Waals surface area (Å²) in [7, 11) is 4.84. The molecule has 0 aliphatic carbocycles. The van der Waals surface area contributed by atoms with E-state index >= 15 is 0 Å². The van der Waals surface area contributed by atoms with Crippen LogP contribution in [0.15, 0.2) is 24.3 Å². The molecule has 1 unspecified atom stereocenters. The largest absolute Gasteiger partial charge is 0.462 e. The molecule has 15 nitrogen and oxygen atoms in total. The molecular weight excluding hydrogens is 682 g/mol. The molecule has 0 spiro atoms. The van der Waals surface area contributed by atoms with Gasteiger partial charge >= 0.3 is 11.9 Å². The number of ether oxygens (including phenoxy) is 7. The number of aliphatic hydroxyl groups is 4. The van der Waals surface area contributed by atoms with Gasteiger partial charge in [0, 0.05) is 33.3 Å². The maximum absolute atomic E-state index is 12.9. The summed E-state index contributed by atoms with van der Waals surface area (Å²) >= 11 is 0. The van der Waals surface area contributed by atoms with Crippen LogP contribution in [-0.2, 0) is 47.5 Å². The van der Waals surface area contributed by atoms with Crippen LogP contribution in [0.5, 0.6) is 0 Å². The summed E-state index contributed by atoms with van der Waals surface area (Å²) in [6.07, 6.45) is -4.29. The minimum absolute atomic E-state index is 0.0110. The number of methoxy groups -OCH3 is 1. The molecule has 3 heterocycles. The summed E-state index contributed by atoms with van der Waals surface area (Å²) in [5.41, 5.74) is -1.29. The SMILES string of the molecule is CO[C@@H]1[C@@H](OC2O[C@H](C)[C@@H](O[C@H]3C[C@@](C)(OC(C)=O)[C@@H](O)[C@H](C)O3)[C@H](N(C)C)[C@H]2O)[C@@H](CC=O)C[C@@H](C)[C@@H](O)/C=C/C=C/C[C@@H](C)OC(=O)C[C@H]1O. The number of allylic oxidation sites excluding steroid dienone is 2. The number of aldehydes is 1. The van der Waals surface area contributed by atoms with Crippen LogP contribution in [0.3, 0.4) is 0 Å². The van der Waals surface area contributed by atoms with E-state index in [4.69, 9.17) is 33.2 Å². The Labute approximate surface area is 307 Å². The van der Waals surface area contributed by atoms with Gasteiger partial charge in [-0.25, -0.2) is 0 Å². The second-order valence-corrected chi connectivity index (χ2v) is 14.9. The van der Waals surface area contributed by atoms with Crippen molar-refractivity contribution in [3.63, 3.8) is 0 Å². The first-order chi connectivity index (χ1) is 24.4. The Morgan fingerprint density at radius 2 is 1.71 bits per heavy atom. The number of carbonyl (C=O) groups excluding carboxylic acids is 3. The Balaban J connectivity index is 1.95. The predicted octanol–water partition coefficient (Wildman–Crippen LogP) is 1.42. The molecule has 4 N–H and O–H groups in total. The molecule has 0 aromatic rings. The fraction of sp³-hybridized carbons (Fsp3) is 0.811. The maximum Gasteiger partial charge on any atom is 0.308 e. The molecule has 0 saturated carbocycles. The van der Waals surface area contributed by atoms with E-state index in [1.54, 1.807) is 64.9 Å². The first-order valence-corrected chi connectivity index (χ1v) is 18.1. The minimum Gasteiger partial charge on any atom is -0.462 e. The number of esters is 2. The highest BCUT2D eigenvalue weighted by Gasteiger charge is 2.53. The average Bonchev–Trinajstić information content (AvgIpc) is 3.04. The molecule has 3 rings (SSSR count). The van der Waals surface area contributed by atoms with E-state index in [1.165, 1.54) is 14.0 Å². The van der Waals surface area contributed by atoms with E-state index in [2.05, 4.69) is 0 Å². The number of aliphatic hydroxyl groups excluding tert-OH is 4. The van der Waals surface area contributed by atoms with Crippen LogP contribution in [0.2, 0.25) is 0 Å². The molecule has 3 aliphatic rings. The first kappa shape index (κ1) is 44.1. The molecule has 15 heteroatoms. The third kappa shape index (κ3) is 11.6. The van der Waals surface area contributed by atoms with Crippen molar-refractivity contribution in [1.29, 1.82) is 0 Å². The minimum atomic E-state index is -1.43. The van der Waals surface area contributed by atoms with Crippen LogP contribution in [0.1, 0.15) is 73.6 Å². The Bertz CT molecular complexity index is 1210. The molecule has 0 radical (unpaired) electrons. The number of cyclic esters (lactones) is 1. The van der Waals surface area contributed by atoms with Gasteiger partial charge < -0.3 is 63.3 Å². The molecule has 3 aliphatic heterocycles. The zero-order valence-electron chi connectivity index (χ0n) is 31.9. The van der Waals surface area contributed by atoms with E-state index in [9.17, 15) is 34.8 Å². The molecule has 2 fully saturated rings. The van der Waals surface area contributed by atoms with Crippen molar-refractivity contribution in [2.24, 2.45) is 11.8 Å². The van der Waals surface area contributed by atoms with Crippen molar-refractivity contribution in [2.75, 3.05) is 21.2 Å². The normalized spacial score (nSPS) is 44.0. The van der Waals surface area contributed by atoms with Gasteiger partial charge in [0.1, 0.15) is 42.4 Å². The number of carbonyl (C=O) groups is 3. The van der Waals surface area contributed by atoms with Gasteiger partial charge in [0.05, 0.1) is 43.0 Å². The van der Waals surface area contributed by atoms with Crippen LogP contribution in [0.4, 0.5) is 0 Å². The molecule has 0 amide bonds. The third-order valence-corrected chi connectivity index (χ3v) is 10.2. The van der Waals surface area contributed by atoms with Crippen molar-refractivity contribution in [3.05, 3.63) is 24.3 Å². The smallest absolute Gasteiger partial charge is 0.308 e. The summed E-state index contributed by atoms with van der Waals surface area (Å²) in [6, 6.07) is -0.753. The topological polar surface area (TPSA) is 200 Å². The Morgan fingerprint density at radius 1 is 1.02 bits per heavy atom. The highest BCUT2D eigenvalue weighted by molar-refractivity contribution is 5.70. The van der Waals surface area contributed by atoms with Crippen LogP contribution < -0.4 is 0 Å². The van der Waals surface area contributed by atoms with Crippen molar-refractivity contribution >= 4 is 18.2 Å². The van der Waals surface area contributed by atoms with E-state index in [-0.39, 0.29) is 25.2 Å². The Hall–Kier alpha value is -2.31. The van der Waals surface area contributed by atoms with Crippen LogP contribution >= 0.6 is 0 Å². The number of nitrogens with zero attached hydrogens (tertiary/aromatic N) is 1. The summed E-state index contributed by atoms with van der Waals surface area (Å²) < 4.78 is 41.9. The van der Waals surface area contributed by atoms with Crippen LogP contribution in [-0.4, -0.2) is 150 Å². The molecule has 2 saturated heterocycles. The summed E-state index contributed by atoms with van der Waals surface area (Å²) in [5, 5.41) is 45.0. The lowest BCUT2D eigenvalue weighted by Crippen LogP contribution is -2.66. The van der Waals surface area contributed by atoms with E-state index in [0.717, 1.165) is 0 Å². The Kier molecular flexibility index (Phi) is 16.8. The van der Waals surface area contributed by atoms with Gasteiger partial charge in [0.2, 0.25) is 0 Å². The van der Waals surface area contributed by atoms with Crippen LogP contribution in [0.25, 0.3) is 0 Å². The lowest BCUT2D eigenvalue weighted by molar-refractivity contribution is -0.344. The summed E-state index contributed by atoms with van der Waals surface area (Å²) in [4.78, 5) is 38.6. The zero-order valence-corrected chi connectivity index (χ0v) is 31.9. The van der Waals surface area contributed by atoms with E-state index in [1.807, 2.05) is 13.0 Å². The molecule has 298 valence electrons. The maximum atomic E-state index is 12.9. The molecule has 52 heavy (non-hydrogen) atoms. The van der Waals surface area contributed by atoms with Crippen molar-refractivity contribution in [1.82, 2.24) is 4.90 Å². The lowest BCUT2D eigenvalue weighted by Gasteiger charge is -2.50. The van der Waals surface area contributed by atoms with E-state index in [0.29, 0.717) is 12.7 Å². The summed E-state index contributed by atoms with van der Waals surface area (Å²) in [5.74, 6) is -2.25. The molecule has 0 bridgehead atoms. The third-order valence-electron chi connectivity index (χ3n) is 10.2. The van der Waals surface area contributed by atoms with Gasteiger partial charge in [-0.05, 0) is 60.0 Å². The van der Waals surface area contributed by atoms with Gasteiger partial charge in [-0.3, -0.25) is 9.59 Å². The second-order valence-electron chi connectivity index (χ2n) is 14.9. The number of hydrogen-bond donors (Lipinski definition) is 4. The first-order valence-electron chi connectivity index (χ1n) is 18.1.